The first kappa shape index (κ1) is 9.45. The molecule has 0 saturated carbocycles. The van der Waals surface area contributed by atoms with Crippen LogP contribution in [0.4, 0.5) is 0 Å². The number of aromatic nitrogens is 2. The fraction of sp³-hybridized carbons (Fsp3) is 0.0909. The molecule has 0 aliphatic heterocycles. The molecule has 0 unspecified atom stereocenters. The zero-order valence-corrected chi connectivity index (χ0v) is 8.23. The molecule has 0 saturated heterocycles. The number of carbonyl (C=O) groups excluding carboxylic acids is 1. The van der Waals surface area contributed by atoms with Crippen molar-refractivity contribution >= 4 is 5.91 Å². The average molecular weight is 202 g/mol. The fourth-order valence-corrected chi connectivity index (χ4v) is 1.32. The summed E-state index contributed by atoms with van der Waals surface area (Å²) in [6.07, 6.45) is 1.52. The summed E-state index contributed by atoms with van der Waals surface area (Å²) in [4.78, 5) is 23.3. The zero-order valence-electron chi connectivity index (χ0n) is 8.23. The third-order valence-corrected chi connectivity index (χ3v) is 2.17. The van der Waals surface area contributed by atoms with E-state index in [2.05, 4.69) is 5.10 Å². The molecule has 2 aromatic rings. The number of aromatic amines is 1. The molecule has 4 nitrogen and oxygen atoms in total. The first-order chi connectivity index (χ1) is 7.20. The number of benzene rings is 1. The smallest absolute Gasteiger partial charge is 0.279 e. The van der Waals surface area contributed by atoms with Gasteiger partial charge >= 0.3 is 0 Å². The molecule has 0 atom stereocenters. The molecular formula is C11H10N2O2. The lowest BCUT2D eigenvalue weighted by molar-refractivity contribution is 0.0941. The molecule has 0 fully saturated rings. The van der Waals surface area contributed by atoms with Crippen LogP contribution in [0.2, 0.25) is 0 Å². The maximum absolute atomic E-state index is 11.8. The summed E-state index contributed by atoms with van der Waals surface area (Å²) < 4.78 is 1.00. The molecular weight excluding hydrogens is 192 g/mol. The number of hydrogen-bond donors (Lipinski definition) is 1. The van der Waals surface area contributed by atoms with Crippen molar-refractivity contribution < 1.29 is 4.79 Å². The van der Waals surface area contributed by atoms with Crippen molar-refractivity contribution in [1.82, 2.24) is 9.78 Å². The molecule has 1 N–H and O–H groups in total. The van der Waals surface area contributed by atoms with Gasteiger partial charge in [-0.05, 0) is 19.1 Å². The van der Waals surface area contributed by atoms with E-state index >= 15 is 0 Å². The lowest BCUT2D eigenvalue weighted by Gasteiger charge is -1.99. The van der Waals surface area contributed by atoms with Crippen LogP contribution in [0.25, 0.3) is 0 Å². The van der Waals surface area contributed by atoms with Gasteiger partial charge in [-0.25, -0.2) is 0 Å². The summed E-state index contributed by atoms with van der Waals surface area (Å²) in [5.74, 6) is -0.339. The predicted molar refractivity (Wildman–Crippen MR) is 56.0 cm³/mol. The SMILES string of the molecule is Cc1c[nH]n(C(=O)c2ccccc2)c1=O. The van der Waals surface area contributed by atoms with Crippen molar-refractivity contribution in [3.63, 3.8) is 0 Å². The second-order valence-electron chi connectivity index (χ2n) is 3.27. The van der Waals surface area contributed by atoms with Gasteiger partial charge in [-0.3, -0.25) is 14.7 Å². The predicted octanol–water partition coefficient (Wildman–Crippen LogP) is 1.17. The normalized spacial score (nSPS) is 10.2. The molecule has 1 aromatic heterocycles. The number of carbonyl (C=O) groups is 1. The second-order valence-corrected chi connectivity index (χ2v) is 3.27. The minimum Gasteiger partial charge on any atom is -0.295 e. The van der Waals surface area contributed by atoms with E-state index in [4.69, 9.17) is 0 Å². The molecule has 0 bridgehead atoms. The number of rotatable bonds is 1. The van der Waals surface area contributed by atoms with Gasteiger partial charge in [0.15, 0.2) is 0 Å². The second kappa shape index (κ2) is 3.57. The third kappa shape index (κ3) is 1.61. The maximum atomic E-state index is 11.8. The van der Waals surface area contributed by atoms with E-state index in [-0.39, 0.29) is 11.5 Å². The van der Waals surface area contributed by atoms with Gasteiger partial charge in [0.25, 0.3) is 11.5 Å². The van der Waals surface area contributed by atoms with Crippen LogP contribution in [0.15, 0.2) is 41.3 Å². The highest BCUT2D eigenvalue weighted by atomic mass is 16.2. The Kier molecular flexibility index (Phi) is 2.25. The number of nitrogens with zero attached hydrogens (tertiary/aromatic N) is 1. The Morgan fingerprint density at radius 2 is 1.93 bits per heavy atom. The summed E-state index contributed by atoms with van der Waals surface area (Å²) in [5, 5.41) is 2.63. The van der Waals surface area contributed by atoms with Gasteiger partial charge < -0.3 is 0 Å². The highest BCUT2D eigenvalue weighted by molar-refractivity contribution is 5.95. The Morgan fingerprint density at radius 3 is 2.47 bits per heavy atom. The van der Waals surface area contributed by atoms with Gasteiger partial charge in [-0.2, -0.15) is 4.68 Å². The third-order valence-electron chi connectivity index (χ3n) is 2.17. The van der Waals surface area contributed by atoms with Crippen LogP contribution in [-0.2, 0) is 0 Å². The molecule has 1 heterocycles. The topological polar surface area (TPSA) is 54.9 Å². The Hall–Kier alpha value is -2.10. The van der Waals surface area contributed by atoms with Gasteiger partial charge in [0, 0.05) is 17.3 Å². The van der Waals surface area contributed by atoms with Crippen LogP contribution in [0.5, 0.6) is 0 Å². The number of aryl methyl sites for hydroxylation is 1. The molecule has 1 aromatic carbocycles. The summed E-state index contributed by atoms with van der Waals surface area (Å²) in [6.45, 7) is 1.66. The van der Waals surface area contributed by atoms with Crippen molar-refractivity contribution in [1.29, 1.82) is 0 Å². The van der Waals surface area contributed by atoms with E-state index < -0.39 is 0 Å². The number of H-pyrrole nitrogens is 1. The lowest BCUT2D eigenvalue weighted by atomic mass is 10.2. The quantitative estimate of drug-likeness (QED) is 0.754. The number of nitrogens with one attached hydrogen (secondary N) is 1. The van der Waals surface area contributed by atoms with Crippen molar-refractivity contribution in [2.75, 3.05) is 0 Å². The molecule has 0 spiro atoms. The van der Waals surface area contributed by atoms with Crippen LogP contribution in [-0.4, -0.2) is 15.7 Å². The average Bonchev–Trinajstić information content (AvgIpc) is 2.60. The first-order valence-corrected chi connectivity index (χ1v) is 4.57. The van der Waals surface area contributed by atoms with E-state index in [1.807, 2.05) is 6.07 Å². The minimum absolute atomic E-state index is 0.302. The molecule has 2 rings (SSSR count). The fourth-order valence-electron chi connectivity index (χ4n) is 1.32. The summed E-state index contributed by atoms with van der Waals surface area (Å²) >= 11 is 0. The summed E-state index contributed by atoms with van der Waals surface area (Å²) in [5.41, 5.74) is 0.713. The van der Waals surface area contributed by atoms with E-state index in [1.54, 1.807) is 31.2 Å². The molecule has 0 aliphatic rings. The first-order valence-electron chi connectivity index (χ1n) is 4.57. The Bertz CT molecular complexity index is 537. The monoisotopic (exact) mass is 202 g/mol. The van der Waals surface area contributed by atoms with Crippen LogP contribution < -0.4 is 5.56 Å². The summed E-state index contributed by atoms with van der Waals surface area (Å²) in [7, 11) is 0. The zero-order chi connectivity index (χ0) is 10.8. The van der Waals surface area contributed by atoms with Crippen molar-refractivity contribution in [2.45, 2.75) is 6.92 Å². The van der Waals surface area contributed by atoms with Crippen LogP contribution >= 0.6 is 0 Å². The van der Waals surface area contributed by atoms with Crippen LogP contribution in [0.1, 0.15) is 15.9 Å². The van der Waals surface area contributed by atoms with Gasteiger partial charge in [-0.1, -0.05) is 18.2 Å². The Balaban J connectivity index is 2.46. The molecule has 0 amide bonds. The van der Waals surface area contributed by atoms with Crippen molar-refractivity contribution in [2.24, 2.45) is 0 Å². The number of hydrogen-bond acceptors (Lipinski definition) is 2. The molecule has 15 heavy (non-hydrogen) atoms. The van der Waals surface area contributed by atoms with E-state index in [0.29, 0.717) is 11.1 Å². The Morgan fingerprint density at radius 1 is 1.27 bits per heavy atom. The molecule has 4 heteroatoms. The van der Waals surface area contributed by atoms with Crippen molar-refractivity contribution in [3.8, 4) is 0 Å². The highest BCUT2D eigenvalue weighted by Crippen LogP contribution is 2.00. The molecule has 0 radical (unpaired) electrons. The maximum Gasteiger partial charge on any atom is 0.279 e. The van der Waals surface area contributed by atoms with Crippen molar-refractivity contribution in [3.05, 3.63) is 58.0 Å². The molecule has 76 valence electrons. The van der Waals surface area contributed by atoms with E-state index in [9.17, 15) is 9.59 Å². The van der Waals surface area contributed by atoms with Gasteiger partial charge in [0.2, 0.25) is 0 Å². The summed E-state index contributed by atoms with van der Waals surface area (Å²) in [6, 6.07) is 8.68. The van der Waals surface area contributed by atoms with Crippen LogP contribution in [0.3, 0.4) is 0 Å². The van der Waals surface area contributed by atoms with E-state index in [1.165, 1.54) is 6.20 Å². The van der Waals surface area contributed by atoms with Crippen LogP contribution in [0, 0.1) is 6.92 Å². The highest BCUT2D eigenvalue weighted by Gasteiger charge is 2.11. The van der Waals surface area contributed by atoms with Gasteiger partial charge in [0.05, 0.1) is 0 Å². The standard InChI is InChI=1S/C11H10N2O2/c1-8-7-12-13(10(8)14)11(15)9-5-3-2-4-6-9/h2-7,12H,1H3. The Labute approximate surface area is 86.1 Å². The minimum atomic E-state index is -0.339. The van der Waals surface area contributed by atoms with Gasteiger partial charge in [0.1, 0.15) is 0 Å². The van der Waals surface area contributed by atoms with E-state index in [0.717, 1.165) is 4.68 Å². The largest absolute Gasteiger partial charge is 0.295 e. The lowest BCUT2D eigenvalue weighted by Crippen LogP contribution is -2.25. The molecule has 0 aliphatic carbocycles. The van der Waals surface area contributed by atoms with Gasteiger partial charge in [-0.15, -0.1) is 0 Å².